The molecule has 7 nitrogen and oxygen atoms in total. The SMILES string of the molecule is CCCCS(=O)(=O)CC(COCc1ccccc1)OC(=O)CSc1nc(-c2cccs2)cc(-c2ccccc2)c1C#N. The molecule has 0 radical (unpaired) electrons. The van der Waals surface area contributed by atoms with E-state index in [2.05, 4.69) is 6.07 Å². The van der Waals surface area contributed by atoms with E-state index < -0.39 is 21.9 Å². The zero-order valence-electron chi connectivity index (χ0n) is 23.3. The van der Waals surface area contributed by atoms with Gasteiger partial charge in [0.25, 0.3) is 0 Å². The molecule has 42 heavy (non-hydrogen) atoms. The lowest BCUT2D eigenvalue weighted by molar-refractivity contribution is -0.147. The molecule has 0 aliphatic heterocycles. The zero-order valence-corrected chi connectivity index (χ0v) is 25.7. The highest BCUT2D eigenvalue weighted by molar-refractivity contribution is 8.00. The number of nitrogens with zero attached hydrogens (tertiary/aromatic N) is 2. The number of nitriles is 1. The van der Waals surface area contributed by atoms with Crippen LogP contribution in [0.15, 0.2) is 89.3 Å². The molecule has 218 valence electrons. The fourth-order valence-corrected chi connectivity index (χ4v) is 7.30. The van der Waals surface area contributed by atoms with Crippen molar-refractivity contribution in [1.29, 1.82) is 5.26 Å². The number of benzene rings is 2. The lowest BCUT2D eigenvalue weighted by atomic mass is 10.0. The van der Waals surface area contributed by atoms with Crippen molar-refractivity contribution < 1.29 is 22.7 Å². The van der Waals surface area contributed by atoms with Crippen molar-refractivity contribution in [2.45, 2.75) is 37.5 Å². The van der Waals surface area contributed by atoms with Crippen molar-refractivity contribution in [3.63, 3.8) is 0 Å². The van der Waals surface area contributed by atoms with Crippen LogP contribution < -0.4 is 0 Å². The fourth-order valence-electron chi connectivity index (χ4n) is 4.21. The summed E-state index contributed by atoms with van der Waals surface area (Å²) in [6.07, 6.45) is 0.329. The van der Waals surface area contributed by atoms with E-state index >= 15 is 0 Å². The summed E-state index contributed by atoms with van der Waals surface area (Å²) < 4.78 is 36.8. The molecule has 0 bridgehead atoms. The average molecular weight is 621 g/mol. The van der Waals surface area contributed by atoms with Crippen LogP contribution in [-0.4, -0.2) is 49.3 Å². The molecular weight excluding hydrogens is 589 g/mol. The number of pyridine rings is 1. The van der Waals surface area contributed by atoms with Crippen molar-refractivity contribution >= 4 is 38.9 Å². The van der Waals surface area contributed by atoms with E-state index in [0.717, 1.165) is 39.8 Å². The third kappa shape index (κ3) is 9.26. The van der Waals surface area contributed by atoms with Crippen LogP contribution in [0.25, 0.3) is 21.7 Å². The number of thiophene rings is 1. The van der Waals surface area contributed by atoms with Crippen LogP contribution in [0, 0.1) is 11.3 Å². The Hall–Kier alpha value is -3.49. The van der Waals surface area contributed by atoms with Gasteiger partial charge < -0.3 is 9.47 Å². The Kier molecular flexibility index (Phi) is 11.7. The Morgan fingerprint density at radius 2 is 1.81 bits per heavy atom. The summed E-state index contributed by atoms with van der Waals surface area (Å²) in [5.74, 6) is -1.04. The summed E-state index contributed by atoms with van der Waals surface area (Å²) in [6, 6.07) is 27.1. The molecule has 2 aromatic heterocycles. The number of rotatable bonds is 15. The van der Waals surface area contributed by atoms with E-state index in [1.54, 1.807) is 0 Å². The Morgan fingerprint density at radius 3 is 2.48 bits per heavy atom. The highest BCUT2D eigenvalue weighted by atomic mass is 32.2. The van der Waals surface area contributed by atoms with Gasteiger partial charge in [-0.25, -0.2) is 13.4 Å². The van der Waals surface area contributed by atoms with Crippen LogP contribution >= 0.6 is 23.1 Å². The van der Waals surface area contributed by atoms with Gasteiger partial charge in [-0.2, -0.15) is 5.26 Å². The molecule has 0 aliphatic carbocycles. The van der Waals surface area contributed by atoms with Crippen LogP contribution in [0.3, 0.4) is 0 Å². The predicted molar refractivity (Wildman–Crippen MR) is 168 cm³/mol. The summed E-state index contributed by atoms with van der Waals surface area (Å²) in [4.78, 5) is 18.7. The van der Waals surface area contributed by atoms with Gasteiger partial charge in [-0.05, 0) is 35.1 Å². The van der Waals surface area contributed by atoms with Crippen LogP contribution in [0.4, 0.5) is 0 Å². The first-order chi connectivity index (χ1) is 20.4. The number of carbonyl (C=O) groups is 1. The summed E-state index contributed by atoms with van der Waals surface area (Å²) in [6.45, 7) is 2.14. The first-order valence-electron chi connectivity index (χ1n) is 13.6. The van der Waals surface area contributed by atoms with E-state index in [1.807, 2.05) is 91.2 Å². The maximum atomic E-state index is 13.0. The van der Waals surface area contributed by atoms with Crippen LogP contribution in [-0.2, 0) is 30.7 Å². The van der Waals surface area contributed by atoms with Gasteiger partial charge in [0, 0.05) is 5.56 Å². The second-order valence-corrected chi connectivity index (χ2v) is 13.7. The molecule has 0 amide bonds. The number of sulfone groups is 1. The molecular formula is C32H32N2O5S3. The number of carbonyl (C=O) groups excluding carboxylic acids is 1. The summed E-state index contributed by atoms with van der Waals surface area (Å²) in [5.41, 5.74) is 3.59. The number of unbranched alkanes of at least 4 members (excludes halogenated alkanes) is 1. The smallest absolute Gasteiger partial charge is 0.316 e. The lowest BCUT2D eigenvalue weighted by Gasteiger charge is -2.18. The van der Waals surface area contributed by atoms with E-state index in [1.165, 1.54) is 11.3 Å². The van der Waals surface area contributed by atoms with E-state index in [-0.39, 0.29) is 30.5 Å². The second-order valence-electron chi connectivity index (χ2n) is 9.56. The van der Waals surface area contributed by atoms with Crippen LogP contribution in [0.2, 0.25) is 0 Å². The van der Waals surface area contributed by atoms with Crippen molar-refractivity contribution in [3.8, 4) is 27.8 Å². The number of thioether (sulfide) groups is 1. The highest BCUT2D eigenvalue weighted by Crippen LogP contribution is 2.35. The molecule has 0 aliphatic rings. The van der Waals surface area contributed by atoms with Crippen molar-refractivity contribution in [2.24, 2.45) is 0 Å². The standard InChI is InChI=1S/C32H32N2O5S3/c1-2-3-17-42(36,37)23-26(21-38-20-24-11-6-4-7-12-24)39-31(35)22-41-32-28(19-33)27(25-13-8-5-9-14-25)18-29(34-32)30-15-10-16-40-30/h4-16,18,26H,2-3,17,20-23H2,1H3. The highest BCUT2D eigenvalue weighted by Gasteiger charge is 2.24. The number of hydrogen-bond acceptors (Lipinski definition) is 9. The van der Waals surface area contributed by atoms with Crippen molar-refractivity contribution in [1.82, 2.24) is 4.98 Å². The third-order valence-electron chi connectivity index (χ3n) is 6.25. The topological polar surface area (TPSA) is 106 Å². The minimum Gasteiger partial charge on any atom is -0.458 e. The Bertz CT molecular complexity index is 1590. The molecule has 1 atom stereocenters. The first kappa shape index (κ1) is 31.4. The molecule has 1 unspecified atom stereocenters. The number of ether oxygens (including phenoxy) is 2. The third-order valence-corrected chi connectivity index (χ3v) is 9.88. The molecule has 0 N–H and O–H groups in total. The summed E-state index contributed by atoms with van der Waals surface area (Å²) in [5, 5.41) is 12.4. The minimum absolute atomic E-state index is 0.0260. The Morgan fingerprint density at radius 1 is 1.07 bits per heavy atom. The molecule has 0 spiro atoms. The van der Waals surface area contributed by atoms with Gasteiger partial charge in [0.1, 0.15) is 17.2 Å². The van der Waals surface area contributed by atoms with Gasteiger partial charge >= 0.3 is 5.97 Å². The molecule has 0 fully saturated rings. The number of aromatic nitrogens is 1. The van der Waals surface area contributed by atoms with E-state index in [4.69, 9.17) is 14.5 Å². The van der Waals surface area contributed by atoms with Crippen LogP contribution in [0.1, 0.15) is 30.9 Å². The minimum atomic E-state index is -3.45. The fraction of sp³-hybridized carbons (Fsp3) is 0.281. The molecule has 2 heterocycles. The Labute approximate surface area is 255 Å². The van der Waals surface area contributed by atoms with E-state index in [0.29, 0.717) is 22.7 Å². The molecule has 2 aromatic carbocycles. The van der Waals surface area contributed by atoms with Gasteiger partial charge in [0.2, 0.25) is 0 Å². The number of esters is 1. The second kappa shape index (κ2) is 15.7. The Balaban J connectivity index is 1.50. The van der Waals surface area contributed by atoms with Gasteiger partial charge in [0.05, 0.1) is 46.6 Å². The average Bonchev–Trinajstić information content (AvgIpc) is 3.55. The normalized spacial score (nSPS) is 12.0. The molecule has 0 saturated carbocycles. The predicted octanol–water partition coefficient (Wildman–Crippen LogP) is 6.78. The first-order valence-corrected chi connectivity index (χ1v) is 17.3. The lowest BCUT2D eigenvalue weighted by Crippen LogP contribution is -2.32. The monoisotopic (exact) mass is 620 g/mol. The van der Waals surface area contributed by atoms with Crippen LogP contribution in [0.5, 0.6) is 0 Å². The molecule has 4 aromatic rings. The van der Waals surface area contributed by atoms with Gasteiger partial charge in [0.15, 0.2) is 9.84 Å². The largest absolute Gasteiger partial charge is 0.458 e. The van der Waals surface area contributed by atoms with Gasteiger partial charge in [-0.1, -0.05) is 91.8 Å². The molecule has 10 heteroatoms. The van der Waals surface area contributed by atoms with E-state index in [9.17, 15) is 18.5 Å². The summed E-state index contributed by atoms with van der Waals surface area (Å²) >= 11 is 2.64. The van der Waals surface area contributed by atoms with Gasteiger partial charge in [-0.3, -0.25) is 4.79 Å². The van der Waals surface area contributed by atoms with Gasteiger partial charge in [-0.15, -0.1) is 11.3 Å². The van der Waals surface area contributed by atoms with Crippen molar-refractivity contribution in [2.75, 3.05) is 23.9 Å². The molecule has 0 saturated heterocycles. The quantitative estimate of drug-likeness (QED) is 0.106. The maximum Gasteiger partial charge on any atom is 0.316 e. The summed E-state index contributed by atoms with van der Waals surface area (Å²) in [7, 11) is -3.45. The molecule has 4 rings (SSSR count). The maximum absolute atomic E-state index is 13.0. The van der Waals surface area contributed by atoms with Crippen molar-refractivity contribution in [3.05, 3.63) is 95.4 Å². The zero-order chi connectivity index (χ0) is 29.8. The number of hydrogen-bond donors (Lipinski definition) is 0.